The Balaban J connectivity index is 1.18. The summed E-state index contributed by atoms with van der Waals surface area (Å²) in [5.41, 5.74) is -1.81. The van der Waals surface area contributed by atoms with E-state index in [2.05, 4.69) is 0 Å². The van der Waals surface area contributed by atoms with Gasteiger partial charge < -0.3 is 43.4 Å². The number of aliphatic hydroxyl groups excluding tert-OH is 2. The van der Waals surface area contributed by atoms with Gasteiger partial charge in [0.2, 0.25) is 12.4 Å². The van der Waals surface area contributed by atoms with E-state index in [-0.39, 0.29) is 22.3 Å². The number of aromatic amines is 1. The summed E-state index contributed by atoms with van der Waals surface area (Å²) in [7, 11) is -5.23. The van der Waals surface area contributed by atoms with Crippen LogP contribution in [0.25, 0.3) is 0 Å². The van der Waals surface area contributed by atoms with Crippen LogP contribution >= 0.6 is 0 Å². The number of nitrogens with zero attached hydrogens (tertiary/aromatic N) is 1. The van der Waals surface area contributed by atoms with E-state index in [9.17, 15) is 52.2 Å². The maximum absolute atomic E-state index is 13.8. The van der Waals surface area contributed by atoms with Gasteiger partial charge in [-0.3, -0.25) is 18.5 Å². The molecule has 2 fully saturated rings. The van der Waals surface area contributed by atoms with Gasteiger partial charge in [0.1, 0.15) is 31.0 Å². The van der Waals surface area contributed by atoms with Crippen molar-refractivity contribution in [2.75, 3.05) is 13.2 Å². The second-order valence-corrected chi connectivity index (χ2v) is 15.9. The SMILES string of the molecule is O=C(NS(=O)(=O)OCC1OC(n2ccc(=O)[nH]c2=O)C(O)C1O)OC1OC(COC(=O)c2ccccc2)C(OC(=O)c2ccccc2)C(OC(=O)c2ccccc2)C1OC(=O)c1ccccc1. The lowest BCUT2D eigenvalue weighted by atomic mass is 9.97. The molecule has 9 atom stereocenters. The van der Waals surface area contributed by atoms with Crippen molar-refractivity contribution in [1.29, 1.82) is 0 Å². The molecule has 0 radical (unpaired) electrons. The van der Waals surface area contributed by atoms with E-state index in [1.807, 2.05) is 4.98 Å². The average Bonchev–Trinajstić information content (AvgIpc) is 3.61. The maximum atomic E-state index is 13.8. The third kappa shape index (κ3) is 11.8. The highest BCUT2D eigenvalue weighted by Gasteiger charge is 2.55. The molecule has 1 amide bonds. The quantitative estimate of drug-likeness (QED) is 0.0852. The molecule has 22 nitrogen and oxygen atoms in total. The summed E-state index contributed by atoms with van der Waals surface area (Å²) in [6, 6.07) is 30.8. The molecule has 5 aromatic rings. The maximum Gasteiger partial charge on any atom is 0.425 e. The van der Waals surface area contributed by atoms with E-state index in [4.69, 9.17) is 37.3 Å². The summed E-state index contributed by atoms with van der Waals surface area (Å²) in [6.07, 6.45) is -17.7. The summed E-state index contributed by atoms with van der Waals surface area (Å²) >= 11 is 0. The van der Waals surface area contributed by atoms with Crippen molar-refractivity contribution in [3.05, 3.63) is 177 Å². The van der Waals surface area contributed by atoms with Crippen LogP contribution in [-0.2, 0) is 47.6 Å². The topological polar surface area (TPSA) is 301 Å². The highest BCUT2D eigenvalue weighted by molar-refractivity contribution is 7.85. The third-order valence-electron chi connectivity index (χ3n) is 10.0. The molecule has 0 aliphatic carbocycles. The van der Waals surface area contributed by atoms with E-state index in [0.29, 0.717) is 0 Å². The molecule has 0 bridgehead atoms. The van der Waals surface area contributed by atoms with Crippen molar-refractivity contribution >= 4 is 40.3 Å². The Morgan fingerprint density at radius 1 is 0.582 bits per heavy atom. The molecule has 1 aromatic heterocycles. The van der Waals surface area contributed by atoms with Crippen LogP contribution in [0.2, 0.25) is 0 Å². The molecule has 0 spiro atoms. The molecule has 4 N–H and O–H groups in total. The molecular weight excluding hydrogens is 907 g/mol. The summed E-state index contributed by atoms with van der Waals surface area (Å²) in [5.74, 6) is -4.08. The molecule has 0 saturated carbocycles. The number of benzene rings is 4. The standard InChI is InChI=1S/C44H39N3O19S/c48-31-21-22-47(43(55)45-31)37-33(50)32(49)29(61-37)24-60-67(57,58)46-44(56)66-42-36(65-41(54)28-19-11-4-12-20-28)35(64-40(53)27-17-9-3-10-18-27)34(63-39(52)26-15-7-2-8-16-26)30(62-42)23-59-38(51)25-13-5-1-6-14-25/h1-22,29-30,32-37,42,49-50H,23-24H2,(H,46,56)(H,45,48,55). The smallest absolute Gasteiger partial charge is 0.425 e. The predicted molar refractivity (Wildman–Crippen MR) is 224 cm³/mol. The molecule has 4 aromatic carbocycles. The lowest BCUT2D eigenvalue weighted by molar-refractivity contribution is -0.282. The Labute approximate surface area is 378 Å². The monoisotopic (exact) mass is 945 g/mol. The number of carbonyl (C=O) groups excluding carboxylic acids is 5. The minimum atomic E-state index is -5.23. The van der Waals surface area contributed by atoms with Crippen molar-refractivity contribution in [3.63, 3.8) is 0 Å². The molecule has 7 rings (SSSR count). The van der Waals surface area contributed by atoms with Gasteiger partial charge >= 0.3 is 46.0 Å². The van der Waals surface area contributed by atoms with Crippen molar-refractivity contribution in [2.45, 2.75) is 55.2 Å². The Hall–Kier alpha value is -7.54. The number of hydrogen-bond donors (Lipinski definition) is 4. The molecule has 350 valence electrons. The lowest BCUT2D eigenvalue weighted by Crippen LogP contribution is -2.63. The number of nitrogens with one attached hydrogen (secondary N) is 2. The molecule has 67 heavy (non-hydrogen) atoms. The van der Waals surface area contributed by atoms with E-state index in [1.54, 1.807) is 36.4 Å². The van der Waals surface area contributed by atoms with Crippen molar-refractivity contribution < 1.29 is 79.9 Å². The number of esters is 4. The number of ether oxygens (including phenoxy) is 7. The second kappa shape index (κ2) is 21.2. The van der Waals surface area contributed by atoms with Gasteiger partial charge in [-0.2, -0.15) is 13.1 Å². The second-order valence-electron chi connectivity index (χ2n) is 14.5. The molecule has 9 unspecified atom stereocenters. The molecule has 3 heterocycles. The van der Waals surface area contributed by atoms with Crippen LogP contribution in [0.5, 0.6) is 0 Å². The minimum absolute atomic E-state index is 0.00215. The average molecular weight is 946 g/mol. The summed E-state index contributed by atoms with van der Waals surface area (Å²) in [5, 5.41) is 21.1. The van der Waals surface area contributed by atoms with Gasteiger partial charge in [0.25, 0.3) is 5.56 Å². The van der Waals surface area contributed by atoms with Gasteiger partial charge in [-0.15, -0.1) is 0 Å². The van der Waals surface area contributed by atoms with Crippen LogP contribution < -0.4 is 16.0 Å². The third-order valence-corrected chi connectivity index (χ3v) is 10.9. The Bertz CT molecular complexity index is 2780. The fraction of sp³-hybridized carbons (Fsp3) is 0.250. The summed E-state index contributed by atoms with van der Waals surface area (Å²) in [6.45, 7) is -1.86. The predicted octanol–water partition coefficient (Wildman–Crippen LogP) is 1.40. The zero-order valence-corrected chi connectivity index (χ0v) is 35.3. The first-order valence-corrected chi connectivity index (χ1v) is 21.4. The number of hydrogen-bond acceptors (Lipinski definition) is 19. The molecule has 2 aliphatic rings. The molecule has 2 aliphatic heterocycles. The Morgan fingerprint density at radius 2 is 1.06 bits per heavy atom. The minimum Gasteiger partial charge on any atom is -0.459 e. The molecule has 2 saturated heterocycles. The zero-order chi connectivity index (χ0) is 47.7. The number of rotatable bonds is 15. The van der Waals surface area contributed by atoms with Crippen LogP contribution in [0.3, 0.4) is 0 Å². The van der Waals surface area contributed by atoms with Crippen LogP contribution in [0.1, 0.15) is 47.7 Å². The van der Waals surface area contributed by atoms with E-state index in [0.717, 1.165) is 16.8 Å². The first-order valence-electron chi connectivity index (χ1n) is 20.0. The number of carbonyl (C=O) groups is 5. The number of aliphatic hydroxyl groups is 2. The number of aromatic nitrogens is 2. The number of H-pyrrole nitrogens is 1. The largest absolute Gasteiger partial charge is 0.459 e. The Kier molecular flexibility index (Phi) is 15.0. The van der Waals surface area contributed by atoms with Gasteiger partial charge in [-0.25, -0.2) is 28.8 Å². The van der Waals surface area contributed by atoms with Gasteiger partial charge in [-0.1, -0.05) is 72.8 Å². The molecule has 23 heteroatoms. The molecular formula is C44H39N3O19S. The summed E-state index contributed by atoms with van der Waals surface area (Å²) in [4.78, 5) is 93.7. The van der Waals surface area contributed by atoms with E-state index in [1.165, 1.54) is 89.7 Å². The fourth-order valence-electron chi connectivity index (χ4n) is 6.76. The fourth-order valence-corrected chi connectivity index (χ4v) is 7.39. The van der Waals surface area contributed by atoms with Crippen LogP contribution in [0.15, 0.2) is 143 Å². The van der Waals surface area contributed by atoms with Crippen LogP contribution in [0, 0.1) is 0 Å². The first kappa shape index (κ1) is 47.4. The highest BCUT2D eigenvalue weighted by Crippen LogP contribution is 2.33. The Morgan fingerprint density at radius 3 is 1.57 bits per heavy atom. The lowest BCUT2D eigenvalue weighted by Gasteiger charge is -2.43. The van der Waals surface area contributed by atoms with Crippen LogP contribution in [0.4, 0.5) is 4.79 Å². The van der Waals surface area contributed by atoms with Crippen molar-refractivity contribution in [1.82, 2.24) is 14.3 Å². The van der Waals surface area contributed by atoms with Gasteiger partial charge in [0.05, 0.1) is 28.9 Å². The number of amides is 1. The zero-order valence-electron chi connectivity index (χ0n) is 34.5. The van der Waals surface area contributed by atoms with Gasteiger partial charge in [0, 0.05) is 12.3 Å². The normalized spacial score (nSPS) is 23.5. The first-order chi connectivity index (χ1) is 32.2. The highest BCUT2D eigenvalue weighted by atomic mass is 32.2. The van der Waals surface area contributed by atoms with Crippen molar-refractivity contribution in [3.8, 4) is 0 Å². The van der Waals surface area contributed by atoms with Crippen LogP contribution in [-0.4, -0.2) is 120 Å². The van der Waals surface area contributed by atoms with E-state index >= 15 is 0 Å². The van der Waals surface area contributed by atoms with Gasteiger partial charge in [-0.05, 0) is 48.5 Å². The van der Waals surface area contributed by atoms with E-state index < -0.39 is 120 Å². The summed E-state index contributed by atoms with van der Waals surface area (Å²) < 4.78 is 73.3. The van der Waals surface area contributed by atoms with Crippen molar-refractivity contribution in [2.24, 2.45) is 0 Å². The van der Waals surface area contributed by atoms with Gasteiger partial charge in [0.15, 0.2) is 18.4 Å².